The summed E-state index contributed by atoms with van der Waals surface area (Å²) in [6, 6.07) is 2.41. The molecule has 2 heterocycles. The topological polar surface area (TPSA) is 114 Å². The van der Waals surface area contributed by atoms with Crippen LogP contribution in [0.4, 0.5) is 14.3 Å². The van der Waals surface area contributed by atoms with E-state index in [0.29, 0.717) is 27.5 Å². The van der Waals surface area contributed by atoms with Gasteiger partial charge < -0.3 is 5.32 Å². The number of thiazole rings is 1. The highest BCUT2D eigenvalue weighted by molar-refractivity contribution is 7.90. The summed E-state index contributed by atoms with van der Waals surface area (Å²) < 4.78 is 37.8. The van der Waals surface area contributed by atoms with Crippen molar-refractivity contribution in [2.75, 3.05) is 18.1 Å². The number of hydrogen-bond donors (Lipinski definition) is 2. The molecular formula is C15H14FN5O3S2. The van der Waals surface area contributed by atoms with Crippen molar-refractivity contribution in [3.05, 3.63) is 30.3 Å². The van der Waals surface area contributed by atoms with E-state index < -0.39 is 21.7 Å². The van der Waals surface area contributed by atoms with Gasteiger partial charge in [0.05, 0.1) is 10.2 Å². The van der Waals surface area contributed by atoms with Gasteiger partial charge in [0.25, 0.3) is 0 Å². The number of benzene rings is 1. The summed E-state index contributed by atoms with van der Waals surface area (Å²) in [5, 5.41) is 5.17. The second-order valence-corrected chi connectivity index (χ2v) is 8.27. The monoisotopic (exact) mass is 395 g/mol. The molecule has 11 heteroatoms. The Morgan fingerprint density at radius 3 is 2.58 bits per heavy atom. The average Bonchev–Trinajstić information content (AvgIpc) is 2.94. The van der Waals surface area contributed by atoms with Gasteiger partial charge in [-0.2, -0.15) is 0 Å². The van der Waals surface area contributed by atoms with Crippen molar-refractivity contribution >= 4 is 42.6 Å². The molecular weight excluding hydrogens is 381 g/mol. The molecule has 0 unspecified atom stereocenters. The highest BCUT2D eigenvalue weighted by Gasteiger charge is 2.15. The number of halogens is 1. The standard InChI is InChI=1S/C15H14FN5O3S2/c1-3-17-13(22)21-14-20-11-4-9(10(16)5-12(11)25-14)8-6-18-15(19-7-8)26(2,23)24/h4-7H,3H2,1-2H3,(H2,17,20,21,22). The summed E-state index contributed by atoms with van der Waals surface area (Å²) in [6.07, 6.45) is 3.48. The molecule has 0 radical (unpaired) electrons. The van der Waals surface area contributed by atoms with Crippen molar-refractivity contribution in [3.8, 4) is 11.1 Å². The largest absolute Gasteiger partial charge is 0.338 e. The number of fused-ring (bicyclic) bond motifs is 1. The predicted octanol–water partition coefficient (Wildman–Crippen LogP) is 2.44. The van der Waals surface area contributed by atoms with E-state index >= 15 is 0 Å². The Kier molecular flexibility index (Phi) is 4.83. The van der Waals surface area contributed by atoms with E-state index in [9.17, 15) is 17.6 Å². The third-order valence-electron chi connectivity index (χ3n) is 3.31. The molecule has 0 fully saturated rings. The van der Waals surface area contributed by atoms with Gasteiger partial charge in [-0.05, 0) is 19.1 Å². The SMILES string of the molecule is CCNC(=O)Nc1nc2cc(-c3cnc(S(C)(=O)=O)nc3)c(F)cc2s1. The maximum Gasteiger partial charge on any atom is 0.321 e. The quantitative estimate of drug-likeness (QED) is 0.656. The van der Waals surface area contributed by atoms with Crippen LogP contribution in [0.15, 0.2) is 29.7 Å². The van der Waals surface area contributed by atoms with E-state index in [2.05, 4.69) is 25.6 Å². The molecule has 3 rings (SSSR count). The van der Waals surface area contributed by atoms with Gasteiger partial charge in [-0.25, -0.2) is 32.6 Å². The number of nitrogens with zero attached hydrogens (tertiary/aromatic N) is 3. The summed E-state index contributed by atoms with van der Waals surface area (Å²) in [5.74, 6) is -0.526. The fraction of sp³-hybridized carbons (Fsp3) is 0.200. The molecule has 0 aliphatic carbocycles. The highest BCUT2D eigenvalue weighted by atomic mass is 32.2. The van der Waals surface area contributed by atoms with Gasteiger partial charge in [0, 0.05) is 36.3 Å². The van der Waals surface area contributed by atoms with Gasteiger partial charge in [-0.3, -0.25) is 5.32 Å². The zero-order chi connectivity index (χ0) is 18.9. The summed E-state index contributed by atoms with van der Waals surface area (Å²) in [4.78, 5) is 23.4. The van der Waals surface area contributed by atoms with Gasteiger partial charge >= 0.3 is 6.03 Å². The van der Waals surface area contributed by atoms with E-state index in [-0.39, 0.29) is 10.7 Å². The molecule has 0 aliphatic heterocycles. The van der Waals surface area contributed by atoms with Gasteiger partial charge in [0.15, 0.2) is 5.13 Å². The van der Waals surface area contributed by atoms with Crippen LogP contribution in [-0.4, -0.2) is 42.2 Å². The fourth-order valence-electron chi connectivity index (χ4n) is 2.17. The lowest BCUT2D eigenvalue weighted by Crippen LogP contribution is -2.28. The molecule has 0 saturated heterocycles. The van der Waals surface area contributed by atoms with Crippen molar-refractivity contribution in [2.45, 2.75) is 12.1 Å². The number of carbonyl (C=O) groups is 1. The van der Waals surface area contributed by atoms with Crippen LogP contribution in [0.5, 0.6) is 0 Å². The Hall–Kier alpha value is -2.66. The zero-order valence-electron chi connectivity index (χ0n) is 13.8. The lowest BCUT2D eigenvalue weighted by Gasteiger charge is -2.03. The van der Waals surface area contributed by atoms with Crippen molar-refractivity contribution in [1.82, 2.24) is 20.3 Å². The normalized spacial score (nSPS) is 11.5. The molecule has 0 spiro atoms. The van der Waals surface area contributed by atoms with Gasteiger partial charge in [0.1, 0.15) is 5.82 Å². The number of rotatable bonds is 4. The van der Waals surface area contributed by atoms with Crippen LogP contribution >= 0.6 is 11.3 Å². The Bertz CT molecular complexity index is 1080. The zero-order valence-corrected chi connectivity index (χ0v) is 15.4. The maximum absolute atomic E-state index is 14.4. The number of aromatic nitrogens is 3. The molecule has 2 aromatic heterocycles. The van der Waals surface area contributed by atoms with E-state index in [4.69, 9.17) is 0 Å². The first-order valence-corrected chi connectivity index (χ1v) is 10.2. The van der Waals surface area contributed by atoms with Crippen LogP contribution in [0.3, 0.4) is 0 Å². The first kappa shape index (κ1) is 18.1. The van der Waals surface area contributed by atoms with Crippen LogP contribution < -0.4 is 10.6 Å². The molecule has 0 saturated carbocycles. The third-order valence-corrected chi connectivity index (χ3v) is 5.11. The summed E-state index contributed by atoms with van der Waals surface area (Å²) in [7, 11) is -3.53. The molecule has 0 aliphatic rings. The van der Waals surface area contributed by atoms with E-state index in [1.165, 1.54) is 24.5 Å². The van der Waals surface area contributed by atoms with Crippen LogP contribution in [0, 0.1) is 5.82 Å². The number of urea groups is 1. The molecule has 2 amide bonds. The minimum Gasteiger partial charge on any atom is -0.338 e. The molecule has 0 bridgehead atoms. The van der Waals surface area contributed by atoms with Crippen molar-refractivity contribution in [1.29, 1.82) is 0 Å². The Balaban J connectivity index is 1.96. The minimum atomic E-state index is -3.53. The molecule has 2 N–H and O–H groups in total. The lowest BCUT2D eigenvalue weighted by atomic mass is 10.1. The number of amides is 2. The van der Waals surface area contributed by atoms with E-state index in [0.717, 1.165) is 17.6 Å². The number of sulfone groups is 1. The molecule has 8 nitrogen and oxygen atoms in total. The van der Waals surface area contributed by atoms with E-state index in [1.807, 2.05) is 0 Å². The van der Waals surface area contributed by atoms with Crippen LogP contribution in [-0.2, 0) is 9.84 Å². The van der Waals surface area contributed by atoms with Crippen LogP contribution in [0.1, 0.15) is 6.92 Å². The number of carbonyl (C=O) groups excluding carboxylic acids is 1. The molecule has 136 valence electrons. The fourth-order valence-corrected chi connectivity index (χ4v) is 3.53. The second kappa shape index (κ2) is 6.92. The predicted molar refractivity (Wildman–Crippen MR) is 96.4 cm³/mol. The van der Waals surface area contributed by atoms with Crippen molar-refractivity contribution in [2.24, 2.45) is 0 Å². The minimum absolute atomic E-state index is 0.187. The molecule has 3 aromatic rings. The maximum atomic E-state index is 14.4. The molecule has 1 aromatic carbocycles. The Morgan fingerprint density at radius 1 is 1.27 bits per heavy atom. The Labute approximate surface area is 152 Å². The Morgan fingerprint density at radius 2 is 1.96 bits per heavy atom. The number of anilines is 1. The first-order valence-electron chi connectivity index (χ1n) is 7.45. The first-order chi connectivity index (χ1) is 12.3. The van der Waals surface area contributed by atoms with Crippen LogP contribution in [0.25, 0.3) is 21.3 Å². The summed E-state index contributed by atoms with van der Waals surface area (Å²) in [5.41, 5.74) is 1.00. The lowest BCUT2D eigenvalue weighted by molar-refractivity contribution is 0.252. The molecule has 26 heavy (non-hydrogen) atoms. The van der Waals surface area contributed by atoms with E-state index in [1.54, 1.807) is 6.92 Å². The highest BCUT2D eigenvalue weighted by Crippen LogP contribution is 2.32. The summed E-state index contributed by atoms with van der Waals surface area (Å²) >= 11 is 1.14. The average molecular weight is 395 g/mol. The van der Waals surface area contributed by atoms with Gasteiger partial charge in [-0.15, -0.1) is 0 Å². The summed E-state index contributed by atoms with van der Waals surface area (Å²) in [6.45, 7) is 2.26. The second-order valence-electron chi connectivity index (χ2n) is 5.33. The van der Waals surface area contributed by atoms with Crippen molar-refractivity contribution < 1.29 is 17.6 Å². The number of hydrogen-bond acceptors (Lipinski definition) is 7. The molecule has 0 atom stereocenters. The smallest absolute Gasteiger partial charge is 0.321 e. The van der Waals surface area contributed by atoms with Gasteiger partial charge in [0.2, 0.25) is 15.0 Å². The van der Waals surface area contributed by atoms with Gasteiger partial charge in [-0.1, -0.05) is 11.3 Å². The van der Waals surface area contributed by atoms with Crippen LogP contribution in [0.2, 0.25) is 0 Å². The number of nitrogens with one attached hydrogen (secondary N) is 2. The third kappa shape index (κ3) is 3.78. The van der Waals surface area contributed by atoms with Crippen molar-refractivity contribution in [3.63, 3.8) is 0 Å².